The summed E-state index contributed by atoms with van der Waals surface area (Å²) in [6, 6.07) is 0.132. The predicted octanol–water partition coefficient (Wildman–Crippen LogP) is 1.10. The molecule has 82 valence electrons. The fourth-order valence-electron chi connectivity index (χ4n) is 1.69. The van der Waals surface area contributed by atoms with E-state index < -0.39 is 5.60 Å². The molecule has 0 spiro atoms. The number of likely N-dealkylation sites (tertiary alicyclic amines) is 1. The van der Waals surface area contributed by atoms with Crippen molar-refractivity contribution in [2.24, 2.45) is 5.73 Å². The number of hydrogen-bond acceptors (Lipinski definition) is 3. The SMILES string of the molecule is CC(C)(C)OC(=O)[N+]1(C)CCC(N)C1. The molecule has 0 aromatic heterocycles. The van der Waals surface area contributed by atoms with E-state index in [-0.39, 0.29) is 12.1 Å². The predicted molar refractivity (Wildman–Crippen MR) is 54.7 cm³/mol. The highest BCUT2D eigenvalue weighted by molar-refractivity contribution is 5.60. The molecule has 1 amide bonds. The first-order valence-electron chi connectivity index (χ1n) is 5.07. The van der Waals surface area contributed by atoms with Gasteiger partial charge in [0.1, 0.15) is 12.1 Å². The first-order valence-corrected chi connectivity index (χ1v) is 5.07. The van der Waals surface area contributed by atoms with Crippen molar-refractivity contribution in [1.82, 2.24) is 0 Å². The summed E-state index contributed by atoms with van der Waals surface area (Å²) in [6.45, 7) is 7.12. The van der Waals surface area contributed by atoms with Crippen LogP contribution in [-0.4, -0.2) is 42.4 Å². The topological polar surface area (TPSA) is 52.3 Å². The lowest BCUT2D eigenvalue weighted by atomic mass is 10.2. The summed E-state index contributed by atoms with van der Waals surface area (Å²) in [5.74, 6) is 0. The number of hydrogen-bond donors (Lipinski definition) is 1. The molecule has 1 aliphatic heterocycles. The molecule has 14 heavy (non-hydrogen) atoms. The number of carbonyl (C=O) groups excluding carboxylic acids is 1. The van der Waals surface area contributed by atoms with Gasteiger partial charge in [-0.3, -0.25) is 0 Å². The third kappa shape index (κ3) is 2.69. The molecule has 4 heteroatoms. The summed E-state index contributed by atoms with van der Waals surface area (Å²) in [6.07, 6.45) is 0.737. The zero-order valence-electron chi connectivity index (χ0n) is 9.54. The van der Waals surface area contributed by atoms with Crippen molar-refractivity contribution in [2.75, 3.05) is 20.1 Å². The fourth-order valence-corrected chi connectivity index (χ4v) is 1.69. The van der Waals surface area contributed by atoms with Crippen LogP contribution in [0.2, 0.25) is 0 Å². The smallest absolute Gasteiger partial charge is 0.414 e. The molecule has 1 saturated heterocycles. The van der Waals surface area contributed by atoms with E-state index in [1.807, 2.05) is 27.8 Å². The minimum Gasteiger partial charge on any atom is -0.414 e. The second-order valence-electron chi connectivity index (χ2n) is 5.33. The van der Waals surface area contributed by atoms with E-state index in [9.17, 15) is 4.79 Å². The summed E-state index contributed by atoms with van der Waals surface area (Å²) < 4.78 is 5.67. The maximum Gasteiger partial charge on any atom is 0.516 e. The average Bonchev–Trinajstić information content (AvgIpc) is 2.29. The molecular weight excluding hydrogens is 180 g/mol. The zero-order valence-corrected chi connectivity index (χ0v) is 9.54. The van der Waals surface area contributed by atoms with Crippen molar-refractivity contribution >= 4 is 6.09 Å². The lowest BCUT2D eigenvalue weighted by Crippen LogP contribution is -2.50. The molecule has 2 N–H and O–H groups in total. The van der Waals surface area contributed by atoms with Gasteiger partial charge in [0, 0.05) is 6.42 Å². The van der Waals surface area contributed by atoms with Gasteiger partial charge in [0.15, 0.2) is 0 Å². The summed E-state index contributed by atoms with van der Waals surface area (Å²) in [5, 5.41) is 0. The largest absolute Gasteiger partial charge is 0.516 e. The van der Waals surface area contributed by atoms with E-state index in [0.717, 1.165) is 13.0 Å². The average molecular weight is 201 g/mol. The van der Waals surface area contributed by atoms with Gasteiger partial charge in [0.05, 0.1) is 19.6 Å². The Bertz CT molecular complexity index is 235. The Kier molecular flexibility index (Phi) is 2.88. The van der Waals surface area contributed by atoms with E-state index in [1.54, 1.807) is 0 Å². The highest BCUT2D eigenvalue weighted by atomic mass is 16.6. The van der Waals surface area contributed by atoms with Crippen molar-refractivity contribution in [3.8, 4) is 0 Å². The van der Waals surface area contributed by atoms with Crippen LogP contribution in [0.25, 0.3) is 0 Å². The summed E-state index contributed by atoms with van der Waals surface area (Å²) >= 11 is 0. The second-order valence-corrected chi connectivity index (χ2v) is 5.33. The highest BCUT2D eigenvalue weighted by Gasteiger charge is 2.42. The lowest BCUT2D eigenvalue weighted by Gasteiger charge is -2.29. The van der Waals surface area contributed by atoms with Gasteiger partial charge in [-0.1, -0.05) is 0 Å². The monoisotopic (exact) mass is 201 g/mol. The number of likely N-dealkylation sites (N-methyl/N-ethyl adjacent to an activating group) is 1. The van der Waals surface area contributed by atoms with E-state index in [4.69, 9.17) is 10.5 Å². The second kappa shape index (κ2) is 3.51. The third-order valence-corrected chi connectivity index (χ3v) is 2.47. The quantitative estimate of drug-likeness (QED) is 0.597. The lowest BCUT2D eigenvalue weighted by molar-refractivity contribution is -0.826. The molecule has 0 aromatic rings. The van der Waals surface area contributed by atoms with Crippen molar-refractivity contribution in [3.05, 3.63) is 0 Å². The van der Waals surface area contributed by atoms with Gasteiger partial charge in [0.2, 0.25) is 0 Å². The Balaban J connectivity index is 2.61. The Hall–Kier alpha value is -0.610. The van der Waals surface area contributed by atoms with Crippen LogP contribution in [0, 0.1) is 0 Å². The Morgan fingerprint density at radius 3 is 2.43 bits per heavy atom. The van der Waals surface area contributed by atoms with Crippen molar-refractivity contribution < 1.29 is 14.0 Å². The zero-order chi connectivity index (χ0) is 11.0. The molecule has 0 saturated carbocycles. The Labute approximate surface area is 85.6 Å². The van der Waals surface area contributed by atoms with Crippen LogP contribution in [-0.2, 0) is 4.74 Å². The van der Waals surface area contributed by atoms with Crippen LogP contribution in [0.3, 0.4) is 0 Å². The van der Waals surface area contributed by atoms with Gasteiger partial charge in [-0.2, -0.15) is 4.79 Å². The van der Waals surface area contributed by atoms with Gasteiger partial charge in [-0.05, 0) is 20.8 Å². The van der Waals surface area contributed by atoms with Gasteiger partial charge in [0.25, 0.3) is 0 Å². The van der Waals surface area contributed by atoms with Gasteiger partial charge in [-0.25, -0.2) is 4.48 Å². The summed E-state index contributed by atoms with van der Waals surface area (Å²) in [7, 11) is 1.89. The van der Waals surface area contributed by atoms with E-state index in [2.05, 4.69) is 0 Å². The van der Waals surface area contributed by atoms with E-state index >= 15 is 0 Å². The van der Waals surface area contributed by atoms with Crippen molar-refractivity contribution in [3.63, 3.8) is 0 Å². The third-order valence-electron chi connectivity index (χ3n) is 2.47. The van der Waals surface area contributed by atoms with E-state index in [0.29, 0.717) is 11.0 Å². The van der Waals surface area contributed by atoms with Crippen LogP contribution in [0.4, 0.5) is 4.79 Å². The van der Waals surface area contributed by atoms with Gasteiger partial charge >= 0.3 is 6.09 Å². The molecule has 2 atom stereocenters. The number of rotatable bonds is 0. The minimum atomic E-state index is -0.412. The molecule has 4 nitrogen and oxygen atoms in total. The molecule has 0 aromatic carbocycles. The maximum atomic E-state index is 11.8. The molecule has 0 aliphatic carbocycles. The molecule has 2 unspecified atom stereocenters. The number of quaternary nitrogens is 1. The van der Waals surface area contributed by atoms with Crippen molar-refractivity contribution in [1.29, 1.82) is 0 Å². The normalized spacial score (nSPS) is 33.1. The van der Waals surface area contributed by atoms with Crippen LogP contribution in [0.1, 0.15) is 27.2 Å². The van der Waals surface area contributed by atoms with Gasteiger partial charge < -0.3 is 10.5 Å². The molecule has 1 rings (SSSR count). The van der Waals surface area contributed by atoms with Crippen molar-refractivity contribution in [2.45, 2.75) is 38.8 Å². The number of nitrogens with two attached hydrogens (primary N) is 1. The first-order chi connectivity index (χ1) is 6.23. The molecule has 0 bridgehead atoms. The molecule has 1 aliphatic rings. The summed E-state index contributed by atoms with van der Waals surface area (Å²) in [5.41, 5.74) is 5.38. The molecule has 0 radical (unpaired) electrons. The van der Waals surface area contributed by atoms with E-state index in [1.165, 1.54) is 0 Å². The fraction of sp³-hybridized carbons (Fsp3) is 0.900. The number of ether oxygens (including phenoxy) is 1. The Morgan fingerprint density at radius 2 is 2.07 bits per heavy atom. The molecule has 1 fully saturated rings. The van der Waals surface area contributed by atoms with Crippen LogP contribution in [0.5, 0.6) is 0 Å². The van der Waals surface area contributed by atoms with Crippen LogP contribution < -0.4 is 5.73 Å². The Morgan fingerprint density at radius 1 is 1.50 bits per heavy atom. The maximum absolute atomic E-state index is 11.8. The summed E-state index contributed by atoms with van der Waals surface area (Å²) in [4.78, 5) is 11.8. The highest BCUT2D eigenvalue weighted by Crippen LogP contribution is 2.20. The van der Waals surface area contributed by atoms with Crippen LogP contribution in [0.15, 0.2) is 0 Å². The number of amides is 1. The molecule has 1 heterocycles. The first kappa shape index (κ1) is 11.5. The number of carbonyl (C=O) groups is 1. The van der Waals surface area contributed by atoms with Crippen LogP contribution >= 0.6 is 0 Å². The standard InChI is InChI=1S/C10H21N2O2/c1-10(2,3)14-9(13)12(4)6-5-8(11)7-12/h8H,5-7,11H2,1-4H3/q+1. The number of nitrogens with zero attached hydrogens (tertiary/aromatic N) is 1. The molecular formula is C10H21N2O2+. The van der Waals surface area contributed by atoms with Gasteiger partial charge in [-0.15, -0.1) is 0 Å². The minimum absolute atomic E-state index is 0.132.